The lowest BCUT2D eigenvalue weighted by atomic mass is 9.78. The van der Waals surface area contributed by atoms with Crippen LogP contribution in [0.25, 0.3) is 11.3 Å². The summed E-state index contributed by atoms with van der Waals surface area (Å²) in [5.74, 6) is 0.762. The maximum atomic E-state index is 12.5. The number of fused-ring (bicyclic) bond motifs is 3. The number of nitrogens with zero attached hydrogens (tertiary/aromatic N) is 1. The summed E-state index contributed by atoms with van der Waals surface area (Å²) in [6, 6.07) is 5.31. The van der Waals surface area contributed by atoms with Gasteiger partial charge in [-0.3, -0.25) is 4.79 Å². The van der Waals surface area contributed by atoms with Crippen LogP contribution in [0.15, 0.2) is 29.2 Å². The van der Waals surface area contributed by atoms with Gasteiger partial charge in [0.25, 0.3) is 0 Å². The standard InChI is InChI=1S/C25H32ClNO5/c1-25(2,3)23-12-16-11-22(32-10-8-6-5-7-9-26)21(31-4)13-17(16)19-14-20(28)18(24(29)30)15-27(19)23/h11,13-15,23H,5-10,12H2,1-4H3,(H,29,30). The number of hydrogen-bond acceptors (Lipinski definition) is 4. The number of benzene rings is 1. The van der Waals surface area contributed by atoms with Crippen molar-refractivity contribution in [3.8, 4) is 22.8 Å². The van der Waals surface area contributed by atoms with Crippen LogP contribution in [-0.2, 0) is 6.42 Å². The zero-order valence-electron chi connectivity index (χ0n) is 19.2. The SMILES string of the molecule is COc1cc2c(cc1OCCCCCCCl)CC(C(C)(C)C)n1cc(C(=O)O)c(=O)cc1-2. The smallest absolute Gasteiger partial charge is 0.341 e. The first-order chi connectivity index (χ1) is 15.2. The Balaban J connectivity index is 2.01. The van der Waals surface area contributed by atoms with Crippen molar-refractivity contribution in [1.82, 2.24) is 4.57 Å². The lowest BCUT2D eigenvalue weighted by Gasteiger charge is -2.39. The zero-order valence-corrected chi connectivity index (χ0v) is 20.0. The number of pyridine rings is 1. The second-order valence-electron chi connectivity index (χ2n) is 9.35. The van der Waals surface area contributed by atoms with E-state index in [1.165, 1.54) is 12.3 Å². The zero-order chi connectivity index (χ0) is 23.5. The predicted octanol–water partition coefficient (Wildman–Crippen LogP) is 5.54. The van der Waals surface area contributed by atoms with E-state index >= 15 is 0 Å². The highest BCUT2D eigenvalue weighted by atomic mass is 35.5. The van der Waals surface area contributed by atoms with Crippen LogP contribution in [0, 0.1) is 5.41 Å². The molecule has 0 bridgehead atoms. The van der Waals surface area contributed by atoms with Gasteiger partial charge in [0, 0.05) is 29.7 Å². The molecule has 0 radical (unpaired) electrons. The molecule has 3 rings (SSSR count). The fourth-order valence-electron chi connectivity index (χ4n) is 4.23. The number of aromatic nitrogens is 1. The summed E-state index contributed by atoms with van der Waals surface area (Å²) >= 11 is 5.73. The molecule has 0 spiro atoms. The second-order valence-corrected chi connectivity index (χ2v) is 9.72. The van der Waals surface area contributed by atoms with Gasteiger partial charge in [-0.15, -0.1) is 11.6 Å². The quantitative estimate of drug-likeness (QED) is 0.391. The Morgan fingerprint density at radius 3 is 2.50 bits per heavy atom. The van der Waals surface area contributed by atoms with Crippen molar-refractivity contribution in [2.75, 3.05) is 19.6 Å². The Hall–Kier alpha value is -2.47. The molecule has 6 nitrogen and oxygen atoms in total. The molecule has 2 heterocycles. The molecule has 0 aliphatic carbocycles. The van der Waals surface area contributed by atoms with E-state index in [0.29, 0.717) is 36.1 Å². The van der Waals surface area contributed by atoms with E-state index in [2.05, 4.69) is 20.8 Å². The molecule has 7 heteroatoms. The minimum Gasteiger partial charge on any atom is -0.493 e. The van der Waals surface area contributed by atoms with Crippen molar-refractivity contribution in [3.05, 3.63) is 45.7 Å². The van der Waals surface area contributed by atoms with Crippen molar-refractivity contribution < 1.29 is 19.4 Å². The molecule has 0 fully saturated rings. The topological polar surface area (TPSA) is 77.8 Å². The molecule has 32 heavy (non-hydrogen) atoms. The van der Waals surface area contributed by atoms with Crippen LogP contribution < -0.4 is 14.9 Å². The van der Waals surface area contributed by atoms with Gasteiger partial charge in [-0.05, 0) is 42.4 Å². The van der Waals surface area contributed by atoms with Gasteiger partial charge in [-0.2, -0.15) is 0 Å². The summed E-state index contributed by atoms with van der Waals surface area (Å²) in [7, 11) is 1.59. The normalized spacial score (nSPS) is 15.1. The first-order valence-electron chi connectivity index (χ1n) is 11.1. The molecule has 0 amide bonds. The number of ether oxygens (including phenoxy) is 2. The Bertz CT molecular complexity index is 1040. The van der Waals surface area contributed by atoms with Crippen molar-refractivity contribution in [2.24, 2.45) is 5.41 Å². The molecule has 1 aromatic heterocycles. The van der Waals surface area contributed by atoms with E-state index in [0.717, 1.165) is 36.8 Å². The molecule has 174 valence electrons. The van der Waals surface area contributed by atoms with E-state index < -0.39 is 11.4 Å². The minimum absolute atomic E-state index is 0.0134. The molecule has 0 saturated carbocycles. The highest BCUT2D eigenvalue weighted by Crippen LogP contribution is 2.45. The molecular formula is C25H32ClNO5. The van der Waals surface area contributed by atoms with Crippen molar-refractivity contribution in [3.63, 3.8) is 0 Å². The minimum atomic E-state index is -1.21. The van der Waals surface area contributed by atoms with Gasteiger partial charge in [-0.25, -0.2) is 4.79 Å². The molecule has 1 aliphatic rings. The molecule has 1 aromatic carbocycles. The predicted molar refractivity (Wildman–Crippen MR) is 127 cm³/mol. The maximum Gasteiger partial charge on any atom is 0.341 e. The van der Waals surface area contributed by atoms with Crippen LogP contribution in [-0.4, -0.2) is 35.2 Å². The van der Waals surface area contributed by atoms with E-state index in [4.69, 9.17) is 21.1 Å². The molecular weight excluding hydrogens is 430 g/mol. The summed E-state index contributed by atoms with van der Waals surface area (Å²) < 4.78 is 13.6. The third-order valence-corrected chi connectivity index (χ3v) is 6.28. The van der Waals surface area contributed by atoms with Crippen molar-refractivity contribution >= 4 is 17.6 Å². The van der Waals surface area contributed by atoms with Crippen LogP contribution in [0.1, 0.15) is 68.4 Å². The monoisotopic (exact) mass is 461 g/mol. The van der Waals surface area contributed by atoms with Crippen LogP contribution >= 0.6 is 11.6 Å². The fraction of sp³-hybridized carbons (Fsp3) is 0.520. The van der Waals surface area contributed by atoms with Crippen LogP contribution in [0.5, 0.6) is 11.5 Å². The molecule has 1 N–H and O–H groups in total. The number of rotatable bonds is 9. The van der Waals surface area contributed by atoms with Crippen molar-refractivity contribution in [1.29, 1.82) is 0 Å². The summed E-state index contributed by atoms with van der Waals surface area (Å²) in [6.07, 6.45) is 6.29. The Labute approximate surface area is 194 Å². The molecule has 0 saturated heterocycles. The number of hydrogen-bond donors (Lipinski definition) is 1. The van der Waals surface area contributed by atoms with E-state index in [1.54, 1.807) is 7.11 Å². The van der Waals surface area contributed by atoms with Gasteiger partial charge in [-0.1, -0.05) is 33.6 Å². The number of halogens is 1. The number of methoxy groups -OCH3 is 1. The summed E-state index contributed by atoms with van der Waals surface area (Å²) in [6.45, 7) is 6.95. The maximum absolute atomic E-state index is 12.5. The Kier molecular flexibility index (Phi) is 7.55. The number of aromatic carboxylic acids is 1. The van der Waals surface area contributed by atoms with Gasteiger partial charge < -0.3 is 19.1 Å². The lowest BCUT2D eigenvalue weighted by Crippen LogP contribution is -2.32. The van der Waals surface area contributed by atoms with Crippen LogP contribution in [0.3, 0.4) is 0 Å². The third kappa shape index (κ3) is 5.12. The van der Waals surface area contributed by atoms with Gasteiger partial charge in [0.1, 0.15) is 5.56 Å². The number of carboxylic acids is 1. The summed E-state index contributed by atoms with van der Waals surface area (Å²) in [5, 5.41) is 9.46. The highest BCUT2D eigenvalue weighted by molar-refractivity contribution is 6.17. The van der Waals surface area contributed by atoms with E-state index in [1.807, 2.05) is 16.7 Å². The second kappa shape index (κ2) is 9.99. The third-order valence-electron chi connectivity index (χ3n) is 6.01. The van der Waals surface area contributed by atoms with E-state index in [-0.39, 0.29) is 17.0 Å². The number of unbranched alkanes of at least 4 members (excludes halogenated alkanes) is 3. The average molecular weight is 462 g/mol. The highest BCUT2D eigenvalue weighted by Gasteiger charge is 2.34. The van der Waals surface area contributed by atoms with Crippen molar-refractivity contribution in [2.45, 2.75) is 58.9 Å². The first-order valence-corrected chi connectivity index (χ1v) is 11.6. The largest absolute Gasteiger partial charge is 0.493 e. The van der Waals surface area contributed by atoms with Gasteiger partial charge in [0.15, 0.2) is 16.9 Å². The summed E-state index contributed by atoms with van der Waals surface area (Å²) in [4.78, 5) is 24.1. The first kappa shape index (κ1) is 24.2. The number of alkyl halides is 1. The molecule has 1 unspecified atom stereocenters. The Morgan fingerprint density at radius 1 is 1.16 bits per heavy atom. The number of carboxylic acid groups (broad SMARTS) is 1. The molecule has 1 aliphatic heterocycles. The lowest BCUT2D eigenvalue weighted by molar-refractivity contribution is 0.0693. The molecule has 1 atom stereocenters. The summed E-state index contributed by atoms with van der Waals surface area (Å²) in [5.41, 5.74) is 1.76. The average Bonchev–Trinajstić information content (AvgIpc) is 2.73. The van der Waals surface area contributed by atoms with Gasteiger partial charge >= 0.3 is 5.97 Å². The van der Waals surface area contributed by atoms with Gasteiger partial charge in [0.05, 0.1) is 19.4 Å². The Morgan fingerprint density at radius 2 is 1.88 bits per heavy atom. The van der Waals surface area contributed by atoms with Crippen LogP contribution in [0.2, 0.25) is 0 Å². The van der Waals surface area contributed by atoms with Gasteiger partial charge in [0.2, 0.25) is 0 Å². The number of carbonyl (C=O) groups is 1. The van der Waals surface area contributed by atoms with E-state index in [9.17, 15) is 14.7 Å². The van der Waals surface area contributed by atoms with Crippen LogP contribution in [0.4, 0.5) is 0 Å². The molecule has 2 aromatic rings. The fourth-order valence-corrected chi connectivity index (χ4v) is 4.42.